The van der Waals surface area contributed by atoms with E-state index in [1.165, 1.54) is 5.56 Å². The summed E-state index contributed by atoms with van der Waals surface area (Å²) in [5, 5.41) is 0.613. The predicted octanol–water partition coefficient (Wildman–Crippen LogP) is 3.64. The quantitative estimate of drug-likeness (QED) is 0.675. The van der Waals surface area contributed by atoms with Gasteiger partial charge in [-0.25, -0.2) is 0 Å². The summed E-state index contributed by atoms with van der Waals surface area (Å²) in [5.74, 6) is 0.550. The zero-order valence-corrected chi connectivity index (χ0v) is 9.67. The summed E-state index contributed by atoms with van der Waals surface area (Å²) in [7, 11) is 0. The van der Waals surface area contributed by atoms with Crippen LogP contribution in [-0.2, 0) is 0 Å². The molecule has 0 radical (unpaired) electrons. The Hall–Kier alpha value is -0.820. The number of nitrogens with zero attached hydrogens (tertiary/aromatic N) is 1. The van der Waals surface area contributed by atoms with Crippen LogP contribution in [0.1, 0.15) is 25.0 Å². The predicted molar refractivity (Wildman–Crippen MR) is 63.3 cm³/mol. The van der Waals surface area contributed by atoms with Crippen molar-refractivity contribution in [2.75, 3.05) is 6.54 Å². The molecule has 0 spiro atoms. The van der Waals surface area contributed by atoms with Gasteiger partial charge in [-0.2, -0.15) is 0 Å². The highest BCUT2D eigenvalue weighted by Gasteiger charge is 1.99. The molecular formula is C12H16ClN. The Morgan fingerprint density at radius 3 is 2.71 bits per heavy atom. The van der Waals surface area contributed by atoms with Crippen molar-refractivity contribution in [1.29, 1.82) is 0 Å². The van der Waals surface area contributed by atoms with Gasteiger partial charge in [0, 0.05) is 12.1 Å². The summed E-state index contributed by atoms with van der Waals surface area (Å²) in [6.45, 7) is 7.09. The lowest BCUT2D eigenvalue weighted by Crippen LogP contribution is -1.98. The average molecular weight is 210 g/mol. The SMILES string of the molecule is Cc1cccc(C(Cl)=NCC(C)C)c1. The number of aliphatic imine (C=N–C) groups is 1. The van der Waals surface area contributed by atoms with Crippen molar-refractivity contribution >= 4 is 16.8 Å². The molecular weight excluding hydrogens is 194 g/mol. The summed E-state index contributed by atoms with van der Waals surface area (Å²) in [4.78, 5) is 4.32. The summed E-state index contributed by atoms with van der Waals surface area (Å²) < 4.78 is 0. The average Bonchev–Trinajstić information content (AvgIpc) is 2.14. The monoisotopic (exact) mass is 209 g/mol. The van der Waals surface area contributed by atoms with Crippen molar-refractivity contribution in [3.63, 3.8) is 0 Å². The molecule has 0 aliphatic heterocycles. The van der Waals surface area contributed by atoms with Crippen molar-refractivity contribution < 1.29 is 0 Å². The van der Waals surface area contributed by atoms with Gasteiger partial charge in [-0.3, -0.25) is 4.99 Å². The lowest BCUT2D eigenvalue weighted by atomic mass is 10.1. The first-order chi connectivity index (χ1) is 6.59. The normalized spacial score (nSPS) is 12.2. The van der Waals surface area contributed by atoms with Crippen LogP contribution in [0.25, 0.3) is 0 Å². The Kier molecular flexibility index (Phi) is 4.15. The molecule has 2 heteroatoms. The number of hydrogen-bond acceptors (Lipinski definition) is 1. The van der Waals surface area contributed by atoms with Crippen LogP contribution in [0.4, 0.5) is 0 Å². The fraction of sp³-hybridized carbons (Fsp3) is 0.417. The fourth-order valence-electron chi connectivity index (χ4n) is 1.13. The van der Waals surface area contributed by atoms with E-state index in [9.17, 15) is 0 Å². The summed E-state index contributed by atoms with van der Waals surface area (Å²) in [5.41, 5.74) is 2.22. The Morgan fingerprint density at radius 2 is 2.14 bits per heavy atom. The molecule has 0 saturated carbocycles. The molecule has 1 aromatic rings. The summed E-state index contributed by atoms with van der Waals surface area (Å²) in [6, 6.07) is 8.08. The molecule has 0 N–H and O–H groups in total. The smallest absolute Gasteiger partial charge is 0.130 e. The zero-order chi connectivity index (χ0) is 10.6. The van der Waals surface area contributed by atoms with Gasteiger partial charge in [0.1, 0.15) is 5.17 Å². The summed E-state index contributed by atoms with van der Waals surface area (Å²) in [6.07, 6.45) is 0. The van der Waals surface area contributed by atoms with E-state index in [0.717, 1.165) is 12.1 Å². The van der Waals surface area contributed by atoms with Crippen molar-refractivity contribution in [3.05, 3.63) is 35.4 Å². The van der Waals surface area contributed by atoms with E-state index >= 15 is 0 Å². The molecule has 0 amide bonds. The Bertz CT molecular complexity index is 329. The van der Waals surface area contributed by atoms with Gasteiger partial charge < -0.3 is 0 Å². The van der Waals surface area contributed by atoms with Gasteiger partial charge in [0.05, 0.1) is 0 Å². The Labute approximate surface area is 90.8 Å². The van der Waals surface area contributed by atoms with Crippen LogP contribution in [-0.4, -0.2) is 11.7 Å². The minimum absolute atomic E-state index is 0.550. The Morgan fingerprint density at radius 1 is 1.43 bits per heavy atom. The van der Waals surface area contributed by atoms with Crippen molar-refractivity contribution in [3.8, 4) is 0 Å². The highest BCUT2D eigenvalue weighted by molar-refractivity contribution is 6.69. The van der Waals surface area contributed by atoms with Crippen molar-refractivity contribution in [2.24, 2.45) is 10.9 Å². The first kappa shape index (κ1) is 11.3. The molecule has 0 aliphatic carbocycles. The van der Waals surface area contributed by atoms with Gasteiger partial charge in [-0.05, 0) is 18.9 Å². The van der Waals surface area contributed by atoms with Crippen LogP contribution in [0.3, 0.4) is 0 Å². The van der Waals surface area contributed by atoms with Crippen molar-refractivity contribution in [2.45, 2.75) is 20.8 Å². The molecule has 0 bridgehead atoms. The first-order valence-electron chi connectivity index (χ1n) is 4.86. The lowest BCUT2D eigenvalue weighted by Gasteiger charge is -2.02. The number of benzene rings is 1. The molecule has 14 heavy (non-hydrogen) atoms. The number of halogens is 1. The number of rotatable bonds is 3. The van der Waals surface area contributed by atoms with Crippen LogP contribution in [0, 0.1) is 12.8 Å². The molecule has 0 atom stereocenters. The van der Waals surface area contributed by atoms with Gasteiger partial charge in [0.15, 0.2) is 0 Å². The zero-order valence-electron chi connectivity index (χ0n) is 8.92. The third-order valence-corrected chi connectivity index (χ3v) is 2.19. The van der Waals surface area contributed by atoms with E-state index in [-0.39, 0.29) is 0 Å². The minimum atomic E-state index is 0.550. The van der Waals surface area contributed by atoms with E-state index < -0.39 is 0 Å². The topological polar surface area (TPSA) is 12.4 Å². The van der Waals surface area contributed by atoms with Gasteiger partial charge in [-0.1, -0.05) is 49.2 Å². The largest absolute Gasteiger partial charge is 0.272 e. The molecule has 0 fully saturated rings. The maximum Gasteiger partial charge on any atom is 0.130 e. The van der Waals surface area contributed by atoms with Crippen molar-refractivity contribution in [1.82, 2.24) is 0 Å². The standard InChI is InChI=1S/C12H16ClN/c1-9(2)8-14-12(13)11-6-4-5-10(3)7-11/h4-7,9H,8H2,1-3H3. The highest BCUT2D eigenvalue weighted by Crippen LogP contribution is 2.09. The van der Waals surface area contributed by atoms with Crippen LogP contribution < -0.4 is 0 Å². The van der Waals surface area contributed by atoms with Crippen LogP contribution in [0.15, 0.2) is 29.3 Å². The Balaban J connectivity index is 2.78. The molecule has 0 saturated heterocycles. The van der Waals surface area contributed by atoms with E-state index in [2.05, 4.69) is 31.8 Å². The first-order valence-corrected chi connectivity index (χ1v) is 5.24. The van der Waals surface area contributed by atoms with Gasteiger partial charge in [-0.15, -0.1) is 0 Å². The van der Waals surface area contributed by atoms with Gasteiger partial charge in [0.25, 0.3) is 0 Å². The summed E-state index contributed by atoms with van der Waals surface area (Å²) >= 11 is 6.07. The second kappa shape index (κ2) is 5.16. The molecule has 0 aliphatic rings. The van der Waals surface area contributed by atoms with E-state index in [4.69, 9.17) is 11.6 Å². The van der Waals surface area contributed by atoms with Crippen LogP contribution >= 0.6 is 11.6 Å². The fourth-order valence-corrected chi connectivity index (χ4v) is 1.31. The maximum absolute atomic E-state index is 6.07. The third kappa shape index (κ3) is 3.51. The molecule has 0 unspecified atom stereocenters. The maximum atomic E-state index is 6.07. The van der Waals surface area contributed by atoms with E-state index in [1.54, 1.807) is 0 Å². The van der Waals surface area contributed by atoms with E-state index in [1.807, 2.05) is 18.2 Å². The van der Waals surface area contributed by atoms with Gasteiger partial charge in [0.2, 0.25) is 0 Å². The van der Waals surface area contributed by atoms with Crippen LogP contribution in [0.5, 0.6) is 0 Å². The molecule has 0 heterocycles. The van der Waals surface area contributed by atoms with Crippen LogP contribution in [0.2, 0.25) is 0 Å². The lowest BCUT2D eigenvalue weighted by molar-refractivity contribution is 0.667. The number of aryl methyl sites for hydroxylation is 1. The molecule has 76 valence electrons. The number of hydrogen-bond donors (Lipinski definition) is 0. The molecule has 1 nitrogen and oxygen atoms in total. The highest BCUT2D eigenvalue weighted by atomic mass is 35.5. The molecule has 1 aromatic carbocycles. The molecule has 1 rings (SSSR count). The second-order valence-corrected chi connectivity index (χ2v) is 4.25. The molecule has 0 aromatic heterocycles. The third-order valence-electron chi connectivity index (χ3n) is 1.85. The van der Waals surface area contributed by atoms with Gasteiger partial charge >= 0.3 is 0 Å². The van der Waals surface area contributed by atoms with E-state index in [0.29, 0.717) is 11.1 Å². The second-order valence-electron chi connectivity index (χ2n) is 3.89. The minimum Gasteiger partial charge on any atom is -0.272 e.